The Morgan fingerprint density at radius 1 is 1.14 bits per heavy atom. The first-order valence-corrected chi connectivity index (χ1v) is 15.8. The molecular weight excluding hydrogens is 589 g/mol. The predicted molar refractivity (Wildman–Crippen MR) is 166 cm³/mol. The number of piperidine rings is 1. The monoisotopic (exact) mass is 620 g/mol. The lowest BCUT2D eigenvalue weighted by atomic mass is 10.00. The first-order valence-electron chi connectivity index (χ1n) is 14.3. The van der Waals surface area contributed by atoms with E-state index in [9.17, 15) is 21.6 Å². The summed E-state index contributed by atoms with van der Waals surface area (Å²) >= 11 is 0. The van der Waals surface area contributed by atoms with Gasteiger partial charge in [-0.3, -0.25) is 4.98 Å². The fourth-order valence-electron chi connectivity index (χ4n) is 5.68. The summed E-state index contributed by atoms with van der Waals surface area (Å²) in [6.07, 6.45) is 4.91. The van der Waals surface area contributed by atoms with E-state index in [0.29, 0.717) is 51.4 Å². The summed E-state index contributed by atoms with van der Waals surface area (Å²) in [6, 6.07) is 10.0. The molecule has 5 aromatic rings. The van der Waals surface area contributed by atoms with Gasteiger partial charge >= 0.3 is 6.18 Å². The van der Waals surface area contributed by atoms with Crippen LogP contribution in [0.25, 0.3) is 32.9 Å². The highest BCUT2D eigenvalue weighted by Gasteiger charge is 2.34. The minimum Gasteiger partial charge on any atom is -0.354 e. The molecule has 6 rings (SSSR count). The predicted octanol–water partition coefficient (Wildman–Crippen LogP) is 6.49. The second-order valence-corrected chi connectivity index (χ2v) is 13.0. The number of alkyl halides is 3. The van der Waals surface area contributed by atoms with Crippen molar-refractivity contribution in [1.29, 1.82) is 0 Å². The van der Waals surface area contributed by atoms with Gasteiger partial charge in [0.15, 0.2) is 0 Å². The lowest BCUT2D eigenvalue weighted by molar-refractivity contribution is -0.137. The molecule has 0 amide bonds. The molecule has 4 heterocycles. The number of hydrogen-bond donors (Lipinski definition) is 2. The smallest absolute Gasteiger partial charge is 0.354 e. The third-order valence-electron chi connectivity index (χ3n) is 8.04. The number of anilines is 1. The molecule has 8 nitrogen and oxygen atoms in total. The Bertz CT molecular complexity index is 1950. The van der Waals surface area contributed by atoms with Gasteiger partial charge in [0.05, 0.1) is 16.6 Å². The van der Waals surface area contributed by atoms with Crippen LogP contribution >= 0.6 is 0 Å². The van der Waals surface area contributed by atoms with E-state index in [-0.39, 0.29) is 5.52 Å². The molecular formula is C32H31F3N6O2S. The Hall–Kier alpha value is -4.29. The Morgan fingerprint density at radius 3 is 2.64 bits per heavy atom. The Kier molecular flexibility index (Phi) is 7.89. The van der Waals surface area contributed by atoms with Gasteiger partial charge < -0.3 is 10.6 Å². The van der Waals surface area contributed by atoms with Gasteiger partial charge in [0.2, 0.25) is 16.0 Å². The van der Waals surface area contributed by atoms with Crippen LogP contribution in [-0.2, 0) is 16.2 Å². The summed E-state index contributed by atoms with van der Waals surface area (Å²) < 4.78 is 70.8. The average Bonchev–Trinajstić information content (AvgIpc) is 3.41. The average molecular weight is 621 g/mol. The summed E-state index contributed by atoms with van der Waals surface area (Å²) in [5.74, 6) is 0.828. The highest BCUT2D eigenvalue weighted by molar-refractivity contribution is 7.90. The minimum atomic E-state index is -4.68. The molecule has 12 heteroatoms. The molecule has 1 aliphatic rings. The van der Waals surface area contributed by atoms with Crippen molar-refractivity contribution in [2.45, 2.75) is 31.2 Å². The number of fused-ring (bicyclic) bond motifs is 2. The van der Waals surface area contributed by atoms with Crippen molar-refractivity contribution in [1.82, 2.24) is 24.2 Å². The Morgan fingerprint density at radius 2 is 1.93 bits per heavy atom. The minimum absolute atomic E-state index is 0.108. The largest absolute Gasteiger partial charge is 0.416 e. The molecule has 2 N–H and O–H groups in total. The standard InChI is InChI=1S/C32H31F3N6O2S/c1-3-29(22-8-6-20(2)7-9-22)44(42,43)41-19-27(25-11-10-24(13-28(25)41)32(33,34)35)26-18-37-16-23-17-39-31(40-30(23)26)38-15-21-5-4-12-36-14-21/h3,6-11,13,16-19,21,29,36H,1,4-5,12,14-15H2,2H3,(H,38,39,40). The topological polar surface area (TPSA) is 102 Å². The molecule has 1 saturated heterocycles. The van der Waals surface area contributed by atoms with Gasteiger partial charge in [0.25, 0.3) is 0 Å². The molecule has 1 fully saturated rings. The van der Waals surface area contributed by atoms with E-state index in [1.54, 1.807) is 42.9 Å². The van der Waals surface area contributed by atoms with Gasteiger partial charge in [-0.2, -0.15) is 13.2 Å². The van der Waals surface area contributed by atoms with Crippen molar-refractivity contribution in [3.8, 4) is 11.1 Å². The normalized spacial score (nSPS) is 16.7. The number of aryl methyl sites for hydroxylation is 1. The van der Waals surface area contributed by atoms with Gasteiger partial charge in [-0.25, -0.2) is 22.4 Å². The highest BCUT2D eigenvalue weighted by atomic mass is 32.2. The van der Waals surface area contributed by atoms with Crippen LogP contribution in [-0.4, -0.2) is 47.0 Å². The number of halogens is 3. The lowest BCUT2D eigenvalue weighted by Crippen LogP contribution is -2.33. The van der Waals surface area contributed by atoms with Gasteiger partial charge in [-0.15, -0.1) is 6.58 Å². The molecule has 3 aromatic heterocycles. The van der Waals surface area contributed by atoms with Crippen LogP contribution in [0.4, 0.5) is 19.1 Å². The number of aromatic nitrogens is 4. The van der Waals surface area contributed by atoms with Crippen molar-refractivity contribution in [2.24, 2.45) is 5.92 Å². The van der Waals surface area contributed by atoms with E-state index in [0.717, 1.165) is 47.6 Å². The fraction of sp³-hybridized carbons (Fsp3) is 0.281. The maximum atomic E-state index is 14.2. The Labute approximate surface area is 253 Å². The van der Waals surface area contributed by atoms with Crippen LogP contribution in [0, 0.1) is 12.8 Å². The first-order chi connectivity index (χ1) is 21.1. The summed E-state index contributed by atoms with van der Waals surface area (Å²) in [7, 11) is -4.32. The van der Waals surface area contributed by atoms with E-state index in [2.05, 4.69) is 27.2 Å². The molecule has 0 radical (unpaired) electrons. The molecule has 1 aliphatic heterocycles. The molecule has 2 unspecified atom stereocenters. The maximum absolute atomic E-state index is 14.2. The summed E-state index contributed by atoms with van der Waals surface area (Å²) in [4.78, 5) is 13.5. The van der Waals surface area contributed by atoms with Gasteiger partial charge in [-0.05, 0) is 56.5 Å². The number of pyridine rings is 1. The van der Waals surface area contributed by atoms with E-state index >= 15 is 0 Å². The molecule has 44 heavy (non-hydrogen) atoms. The Balaban J connectivity index is 1.50. The van der Waals surface area contributed by atoms with Gasteiger partial charge in [-0.1, -0.05) is 42.0 Å². The second-order valence-electron chi connectivity index (χ2n) is 11.1. The third kappa shape index (κ3) is 5.67. The van der Waals surface area contributed by atoms with E-state index in [1.165, 1.54) is 18.3 Å². The summed E-state index contributed by atoms with van der Waals surface area (Å²) in [5, 5.41) is 6.39. The SMILES string of the molecule is C=CC(c1ccc(C)cc1)S(=O)(=O)n1cc(-c2cncc3cnc(NCC4CCCNC4)nc23)c2ccc(C(F)(F)F)cc21. The van der Waals surface area contributed by atoms with Crippen molar-refractivity contribution in [2.75, 3.05) is 25.0 Å². The molecule has 0 saturated carbocycles. The zero-order chi connectivity index (χ0) is 31.1. The summed E-state index contributed by atoms with van der Waals surface area (Å²) in [6.45, 7) is 8.21. The lowest BCUT2D eigenvalue weighted by Gasteiger charge is -2.22. The zero-order valence-corrected chi connectivity index (χ0v) is 24.8. The van der Waals surface area contributed by atoms with Crippen molar-refractivity contribution in [3.05, 3.63) is 96.6 Å². The highest BCUT2D eigenvalue weighted by Crippen LogP contribution is 2.40. The number of hydrogen-bond acceptors (Lipinski definition) is 7. The van der Waals surface area contributed by atoms with Crippen LogP contribution in [0.15, 0.2) is 79.9 Å². The van der Waals surface area contributed by atoms with Crippen LogP contribution < -0.4 is 10.6 Å². The summed E-state index contributed by atoms with van der Waals surface area (Å²) in [5.41, 5.74) is 1.66. The van der Waals surface area contributed by atoms with Crippen LogP contribution in [0.3, 0.4) is 0 Å². The van der Waals surface area contributed by atoms with E-state index in [4.69, 9.17) is 4.98 Å². The molecule has 0 aliphatic carbocycles. The molecule has 228 valence electrons. The van der Waals surface area contributed by atoms with Gasteiger partial charge in [0.1, 0.15) is 5.25 Å². The molecule has 0 bridgehead atoms. The molecule has 2 aromatic carbocycles. The van der Waals surface area contributed by atoms with Crippen LogP contribution in [0.2, 0.25) is 0 Å². The number of nitrogens with one attached hydrogen (secondary N) is 2. The second kappa shape index (κ2) is 11.7. The van der Waals surface area contributed by atoms with Crippen molar-refractivity contribution in [3.63, 3.8) is 0 Å². The van der Waals surface area contributed by atoms with Crippen molar-refractivity contribution >= 4 is 37.8 Å². The van der Waals surface area contributed by atoms with E-state index in [1.807, 2.05) is 6.92 Å². The van der Waals surface area contributed by atoms with Crippen LogP contribution in [0.1, 0.15) is 34.8 Å². The maximum Gasteiger partial charge on any atom is 0.416 e. The third-order valence-corrected chi connectivity index (χ3v) is 10.00. The first kappa shape index (κ1) is 29.8. The number of benzene rings is 2. The zero-order valence-electron chi connectivity index (χ0n) is 24.0. The number of rotatable bonds is 8. The fourth-order valence-corrected chi connectivity index (χ4v) is 7.34. The quantitative estimate of drug-likeness (QED) is 0.191. The van der Waals surface area contributed by atoms with Gasteiger partial charge in [0, 0.05) is 53.2 Å². The molecule has 2 atom stereocenters. The molecule has 0 spiro atoms. The number of nitrogens with zero attached hydrogens (tertiary/aromatic N) is 4. The van der Waals surface area contributed by atoms with Crippen molar-refractivity contribution < 1.29 is 21.6 Å². The van der Waals surface area contributed by atoms with Crippen LogP contribution in [0.5, 0.6) is 0 Å². The van der Waals surface area contributed by atoms with E-state index < -0.39 is 27.0 Å².